The Bertz CT molecular complexity index is 356. The summed E-state index contributed by atoms with van der Waals surface area (Å²) in [4.78, 5) is 0. The molecule has 1 saturated carbocycles. The third-order valence-electron chi connectivity index (χ3n) is 3.47. The van der Waals surface area contributed by atoms with E-state index < -0.39 is 5.60 Å². The van der Waals surface area contributed by atoms with Crippen molar-refractivity contribution in [3.63, 3.8) is 0 Å². The van der Waals surface area contributed by atoms with Crippen molar-refractivity contribution in [2.24, 2.45) is 0 Å². The summed E-state index contributed by atoms with van der Waals surface area (Å²) in [5.41, 5.74) is 2.03. The summed E-state index contributed by atoms with van der Waals surface area (Å²) in [6.45, 7) is 5.06. The third kappa shape index (κ3) is 2.38. The molecular weight excluding hydrogens is 198 g/mol. The van der Waals surface area contributed by atoms with Gasteiger partial charge in [-0.1, -0.05) is 32.0 Å². The molecule has 0 amide bonds. The number of anilines is 1. The standard InChI is InChI=1S/C14H21NO/c1-11(2)12-6-3-4-7-13(12)15-10-14(16)8-5-9-14/h3-4,6-7,11,15-16H,5,8-10H2,1-2H3. The summed E-state index contributed by atoms with van der Waals surface area (Å²) in [5.74, 6) is 0.514. The molecule has 0 atom stereocenters. The zero-order chi connectivity index (χ0) is 11.6. The fourth-order valence-corrected chi connectivity index (χ4v) is 2.18. The van der Waals surface area contributed by atoms with Crippen LogP contribution in [0.5, 0.6) is 0 Å². The normalized spacial score (nSPS) is 18.2. The van der Waals surface area contributed by atoms with Crippen LogP contribution in [0.25, 0.3) is 0 Å². The highest BCUT2D eigenvalue weighted by Crippen LogP contribution is 2.32. The molecular formula is C14H21NO. The zero-order valence-corrected chi connectivity index (χ0v) is 10.2. The van der Waals surface area contributed by atoms with E-state index in [1.165, 1.54) is 5.56 Å². The summed E-state index contributed by atoms with van der Waals surface area (Å²) < 4.78 is 0. The lowest BCUT2D eigenvalue weighted by atomic mass is 9.80. The molecule has 1 aliphatic carbocycles. The summed E-state index contributed by atoms with van der Waals surface area (Å²) >= 11 is 0. The highest BCUT2D eigenvalue weighted by atomic mass is 16.3. The van der Waals surface area contributed by atoms with Crippen LogP contribution in [0.2, 0.25) is 0 Å². The second-order valence-corrected chi connectivity index (χ2v) is 5.17. The van der Waals surface area contributed by atoms with E-state index in [1.54, 1.807) is 0 Å². The molecule has 2 rings (SSSR count). The van der Waals surface area contributed by atoms with Crippen LogP contribution in [0.15, 0.2) is 24.3 Å². The molecule has 0 unspecified atom stereocenters. The molecule has 16 heavy (non-hydrogen) atoms. The van der Waals surface area contributed by atoms with Gasteiger partial charge in [0.2, 0.25) is 0 Å². The molecule has 0 saturated heterocycles. The van der Waals surface area contributed by atoms with Gasteiger partial charge in [0, 0.05) is 12.2 Å². The van der Waals surface area contributed by atoms with Crippen molar-refractivity contribution in [3.8, 4) is 0 Å². The average molecular weight is 219 g/mol. The smallest absolute Gasteiger partial charge is 0.0819 e. The van der Waals surface area contributed by atoms with E-state index in [0.29, 0.717) is 12.5 Å². The van der Waals surface area contributed by atoms with E-state index in [1.807, 2.05) is 6.07 Å². The number of para-hydroxylation sites is 1. The third-order valence-corrected chi connectivity index (χ3v) is 3.47. The SMILES string of the molecule is CC(C)c1ccccc1NCC1(O)CCC1. The Morgan fingerprint density at radius 3 is 2.56 bits per heavy atom. The summed E-state index contributed by atoms with van der Waals surface area (Å²) in [5, 5.41) is 13.4. The van der Waals surface area contributed by atoms with Crippen LogP contribution >= 0.6 is 0 Å². The molecule has 1 aromatic carbocycles. The Morgan fingerprint density at radius 1 is 1.31 bits per heavy atom. The minimum atomic E-state index is -0.454. The van der Waals surface area contributed by atoms with Gasteiger partial charge in [0.1, 0.15) is 0 Å². The molecule has 0 aliphatic heterocycles. The molecule has 0 spiro atoms. The first-order valence-corrected chi connectivity index (χ1v) is 6.16. The van der Waals surface area contributed by atoms with Crippen molar-refractivity contribution in [1.29, 1.82) is 0 Å². The Balaban J connectivity index is 2.03. The Kier molecular flexibility index (Phi) is 3.20. The lowest BCUT2D eigenvalue weighted by molar-refractivity contribution is -0.0202. The highest BCUT2D eigenvalue weighted by Gasteiger charge is 2.34. The molecule has 2 N–H and O–H groups in total. The van der Waals surface area contributed by atoms with E-state index in [-0.39, 0.29) is 0 Å². The molecule has 88 valence electrons. The maximum Gasteiger partial charge on any atom is 0.0819 e. The van der Waals surface area contributed by atoms with Gasteiger partial charge in [0.25, 0.3) is 0 Å². The first-order chi connectivity index (χ1) is 7.61. The second kappa shape index (κ2) is 4.46. The van der Waals surface area contributed by atoms with Crippen LogP contribution < -0.4 is 5.32 Å². The highest BCUT2D eigenvalue weighted by molar-refractivity contribution is 5.52. The Morgan fingerprint density at radius 2 is 2.00 bits per heavy atom. The minimum Gasteiger partial charge on any atom is -0.388 e. The van der Waals surface area contributed by atoms with Crippen LogP contribution in [0.4, 0.5) is 5.69 Å². The van der Waals surface area contributed by atoms with Gasteiger partial charge in [-0.25, -0.2) is 0 Å². The topological polar surface area (TPSA) is 32.3 Å². The maximum atomic E-state index is 10.0. The largest absolute Gasteiger partial charge is 0.388 e. The fourth-order valence-electron chi connectivity index (χ4n) is 2.18. The predicted molar refractivity (Wildman–Crippen MR) is 67.8 cm³/mol. The number of benzene rings is 1. The molecule has 0 bridgehead atoms. The van der Waals surface area contributed by atoms with E-state index in [2.05, 4.69) is 37.4 Å². The number of hydrogen-bond acceptors (Lipinski definition) is 2. The lowest BCUT2D eigenvalue weighted by Crippen LogP contribution is -2.43. The van der Waals surface area contributed by atoms with Gasteiger partial charge in [-0.05, 0) is 36.8 Å². The lowest BCUT2D eigenvalue weighted by Gasteiger charge is -2.37. The maximum absolute atomic E-state index is 10.0. The van der Waals surface area contributed by atoms with Gasteiger partial charge < -0.3 is 10.4 Å². The quantitative estimate of drug-likeness (QED) is 0.815. The van der Waals surface area contributed by atoms with E-state index in [4.69, 9.17) is 0 Å². The monoisotopic (exact) mass is 219 g/mol. The van der Waals surface area contributed by atoms with Crippen LogP contribution in [-0.2, 0) is 0 Å². The van der Waals surface area contributed by atoms with E-state index >= 15 is 0 Å². The van der Waals surface area contributed by atoms with Crippen LogP contribution in [-0.4, -0.2) is 17.3 Å². The zero-order valence-electron chi connectivity index (χ0n) is 10.2. The van der Waals surface area contributed by atoms with Gasteiger partial charge in [0.05, 0.1) is 5.60 Å². The Labute approximate surface area is 97.7 Å². The number of rotatable bonds is 4. The first kappa shape index (κ1) is 11.5. The van der Waals surface area contributed by atoms with E-state index in [0.717, 1.165) is 24.9 Å². The number of nitrogens with one attached hydrogen (secondary N) is 1. The predicted octanol–water partition coefficient (Wildman–Crippen LogP) is 3.14. The molecule has 0 heterocycles. The molecule has 2 heteroatoms. The van der Waals surface area contributed by atoms with Gasteiger partial charge in [-0.2, -0.15) is 0 Å². The van der Waals surface area contributed by atoms with Gasteiger partial charge in [-0.15, -0.1) is 0 Å². The van der Waals surface area contributed by atoms with Crippen molar-refractivity contribution in [2.45, 2.75) is 44.6 Å². The van der Waals surface area contributed by atoms with Gasteiger partial charge >= 0.3 is 0 Å². The molecule has 0 radical (unpaired) electrons. The number of aliphatic hydroxyl groups is 1. The first-order valence-electron chi connectivity index (χ1n) is 6.16. The van der Waals surface area contributed by atoms with Crippen LogP contribution in [0.1, 0.15) is 44.6 Å². The summed E-state index contributed by atoms with van der Waals surface area (Å²) in [6, 6.07) is 8.35. The Hall–Kier alpha value is -1.02. The van der Waals surface area contributed by atoms with Gasteiger partial charge in [0.15, 0.2) is 0 Å². The van der Waals surface area contributed by atoms with Crippen molar-refractivity contribution >= 4 is 5.69 Å². The fraction of sp³-hybridized carbons (Fsp3) is 0.571. The van der Waals surface area contributed by atoms with E-state index in [9.17, 15) is 5.11 Å². The van der Waals surface area contributed by atoms with Crippen molar-refractivity contribution in [2.75, 3.05) is 11.9 Å². The molecule has 1 aliphatic rings. The van der Waals surface area contributed by atoms with Crippen molar-refractivity contribution in [3.05, 3.63) is 29.8 Å². The second-order valence-electron chi connectivity index (χ2n) is 5.17. The van der Waals surface area contributed by atoms with Crippen LogP contribution in [0, 0.1) is 0 Å². The molecule has 1 fully saturated rings. The minimum absolute atomic E-state index is 0.454. The molecule has 1 aromatic rings. The average Bonchev–Trinajstić information content (AvgIpc) is 2.24. The van der Waals surface area contributed by atoms with Gasteiger partial charge in [-0.3, -0.25) is 0 Å². The molecule has 0 aromatic heterocycles. The van der Waals surface area contributed by atoms with Crippen molar-refractivity contribution in [1.82, 2.24) is 0 Å². The van der Waals surface area contributed by atoms with Crippen molar-refractivity contribution < 1.29 is 5.11 Å². The summed E-state index contributed by atoms with van der Waals surface area (Å²) in [7, 11) is 0. The molecule has 2 nitrogen and oxygen atoms in total. The summed E-state index contributed by atoms with van der Waals surface area (Å²) in [6.07, 6.45) is 3.03. The number of hydrogen-bond donors (Lipinski definition) is 2. The van der Waals surface area contributed by atoms with Crippen LogP contribution in [0.3, 0.4) is 0 Å².